The van der Waals surface area contributed by atoms with Crippen molar-refractivity contribution < 1.29 is 47.0 Å². The molecule has 53 heavy (non-hydrogen) atoms. The summed E-state index contributed by atoms with van der Waals surface area (Å²) in [4.78, 5) is 52.7. The maximum Gasteiger partial charge on any atom is 0.406 e. The van der Waals surface area contributed by atoms with Crippen LogP contribution >= 0.6 is 7.75 Å². The van der Waals surface area contributed by atoms with E-state index < -0.39 is 50.3 Å². The zero-order valence-corrected chi connectivity index (χ0v) is 30.5. The van der Waals surface area contributed by atoms with Crippen molar-refractivity contribution in [1.29, 1.82) is 0 Å². The van der Waals surface area contributed by atoms with E-state index in [4.69, 9.17) is 23.3 Å². The van der Waals surface area contributed by atoms with Crippen LogP contribution in [-0.2, 0) is 62.0 Å². The zero-order chi connectivity index (χ0) is 37.7. The Hall–Kier alpha value is -5.13. The summed E-state index contributed by atoms with van der Waals surface area (Å²) in [5, 5.41) is 5.25. The van der Waals surface area contributed by atoms with Gasteiger partial charge in [0, 0.05) is 12.0 Å². The molecule has 0 fully saturated rings. The van der Waals surface area contributed by atoms with Crippen LogP contribution in [0.15, 0.2) is 121 Å². The van der Waals surface area contributed by atoms with Gasteiger partial charge in [-0.3, -0.25) is 23.4 Å². The Bertz CT molecular complexity index is 1760. The van der Waals surface area contributed by atoms with Crippen LogP contribution in [0.5, 0.6) is 0 Å². The Labute approximate surface area is 309 Å². The van der Waals surface area contributed by atoms with Gasteiger partial charge in [-0.2, -0.15) is 0 Å². The number of unbranched alkanes of at least 4 members (excludes halogenated alkanes) is 1. The molecular weight excluding hydrogens is 699 g/mol. The number of ether oxygens (including phenoxy) is 3. The summed E-state index contributed by atoms with van der Waals surface area (Å²) < 4.78 is 42.3. The topological polar surface area (TPSA) is 156 Å². The lowest BCUT2D eigenvalue weighted by molar-refractivity contribution is -0.150. The van der Waals surface area contributed by atoms with Crippen molar-refractivity contribution in [3.8, 4) is 0 Å². The molecule has 0 saturated heterocycles. The first kappa shape index (κ1) is 40.6. The fourth-order valence-corrected chi connectivity index (χ4v) is 6.32. The van der Waals surface area contributed by atoms with Crippen molar-refractivity contribution in [3.05, 3.63) is 144 Å². The third-order valence-electron chi connectivity index (χ3n) is 7.72. The number of carbonyl (C=O) groups excluding carboxylic acids is 4. The van der Waals surface area contributed by atoms with Crippen molar-refractivity contribution in [3.63, 3.8) is 0 Å². The molecule has 0 bridgehead atoms. The minimum absolute atomic E-state index is 0.0226. The molecule has 0 heterocycles. The SMILES string of the molecule is CCCCOP(=O)(N[C@@H](CCC(=O)OCc1ccccc1)C(=O)OCc1ccccc1)OC[C@H](NC(=O)c1ccccc1)C(=O)OCc1ccccc1. The van der Waals surface area contributed by atoms with E-state index in [9.17, 15) is 23.7 Å². The summed E-state index contributed by atoms with van der Waals surface area (Å²) in [5.41, 5.74) is 2.49. The van der Waals surface area contributed by atoms with Crippen LogP contribution in [0.3, 0.4) is 0 Å². The molecule has 1 amide bonds. The average molecular weight is 745 g/mol. The Morgan fingerprint density at radius 2 is 1.09 bits per heavy atom. The quantitative estimate of drug-likeness (QED) is 0.0383. The highest BCUT2D eigenvalue weighted by Gasteiger charge is 2.36. The third kappa shape index (κ3) is 14.8. The number of amides is 1. The summed E-state index contributed by atoms with van der Waals surface area (Å²) in [7, 11) is -4.43. The van der Waals surface area contributed by atoms with Gasteiger partial charge in [0.1, 0.15) is 25.9 Å². The third-order valence-corrected chi connectivity index (χ3v) is 9.36. The molecule has 0 saturated carbocycles. The van der Waals surface area contributed by atoms with E-state index in [0.717, 1.165) is 5.56 Å². The molecule has 0 aromatic heterocycles. The molecule has 0 aliphatic carbocycles. The van der Waals surface area contributed by atoms with Crippen LogP contribution in [-0.4, -0.2) is 49.1 Å². The molecule has 4 aromatic rings. The van der Waals surface area contributed by atoms with E-state index in [1.807, 2.05) is 49.4 Å². The van der Waals surface area contributed by atoms with Crippen LogP contribution in [0, 0.1) is 0 Å². The largest absolute Gasteiger partial charge is 0.461 e. The smallest absolute Gasteiger partial charge is 0.406 e. The van der Waals surface area contributed by atoms with Gasteiger partial charge in [-0.25, -0.2) is 14.4 Å². The molecule has 4 rings (SSSR count). The van der Waals surface area contributed by atoms with Gasteiger partial charge in [-0.05, 0) is 41.7 Å². The molecule has 1 unspecified atom stereocenters. The molecule has 280 valence electrons. The number of benzene rings is 4. The van der Waals surface area contributed by atoms with E-state index >= 15 is 0 Å². The molecular formula is C40H45N2O10P. The summed E-state index contributed by atoms with van der Waals surface area (Å²) in [6, 6.07) is 32.5. The van der Waals surface area contributed by atoms with E-state index in [2.05, 4.69) is 10.4 Å². The molecule has 0 aliphatic heterocycles. The van der Waals surface area contributed by atoms with Crippen LogP contribution in [0.2, 0.25) is 0 Å². The Balaban J connectivity index is 1.50. The summed E-state index contributed by atoms with van der Waals surface area (Å²) in [5.74, 6) is -2.85. The highest BCUT2D eigenvalue weighted by Crippen LogP contribution is 2.45. The van der Waals surface area contributed by atoms with E-state index in [1.54, 1.807) is 78.9 Å². The van der Waals surface area contributed by atoms with Gasteiger partial charge in [0.2, 0.25) is 0 Å². The number of rotatable bonds is 22. The molecule has 0 spiro atoms. The lowest BCUT2D eigenvalue weighted by atomic mass is 10.1. The fraction of sp³-hybridized carbons (Fsp3) is 0.300. The molecule has 4 aromatic carbocycles. The van der Waals surface area contributed by atoms with E-state index in [1.165, 1.54) is 0 Å². The van der Waals surface area contributed by atoms with Crippen LogP contribution in [0.4, 0.5) is 0 Å². The average Bonchev–Trinajstić information content (AvgIpc) is 3.20. The molecule has 3 atom stereocenters. The maximum absolute atomic E-state index is 14.4. The minimum atomic E-state index is -4.43. The van der Waals surface area contributed by atoms with Gasteiger partial charge >= 0.3 is 25.7 Å². The van der Waals surface area contributed by atoms with Crippen LogP contribution in [0.1, 0.15) is 59.7 Å². The van der Waals surface area contributed by atoms with Gasteiger partial charge in [-0.15, -0.1) is 0 Å². The lowest BCUT2D eigenvalue weighted by Crippen LogP contribution is -2.45. The van der Waals surface area contributed by atoms with Gasteiger partial charge in [0.25, 0.3) is 5.91 Å². The zero-order valence-electron chi connectivity index (χ0n) is 29.6. The van der Waals surface area contributed by atoms with Crippen molar-refractivity contribution >= 4 is 31.6 Å². The Morgan fingerprint density at radius 1 is 0.623 bits per heavy atom. The predicted octanol–water partition coefficient (Wildman–Crippen LogP) is 6.70. The first-order valence-electron chi connectivity index (χ1n) is 17.4. The van der Waals surface area contributed by atoms with Crippen molar-refractivity contribution in [2.24, 2.45) is 0 Å². The maximum atomic E-state index is 14.4. The number of hydrogen-bond acceptors (Lipinski definition) is 10. The molecule has 2 N–H and O–H groups in total. The Kier molecular flexibility index (Phi) is 16.9. The molecule has 12 nitrogen and oxygen atoms in total. The van der Waals surface area contributed by atoms with E-state index in [0.29, 0.717) is 24.0 Å². The van der Waals surface area contributed by atoms with E-state index in [-0.39, 0.29) is 44.8 Å². The standard InChI is InChI=1S/C40H45N2O10P/c1-2-3-26-51-53(47,52-30-36(41-38(44)34-22-14-7-15-23-34)40(46)50-29-33-20-12-6-13-21-33)42-35(39(45)49-28-32-18-10-5-11-19-32)24-25-37(43)48-27-31-16-8-4-9-17-31/h4-23,35-36H,2-3,24-30H2,1H3,(H,41,44)(H,42,47)/t35-,36-,53?/m0/s1. The highest BCUT2D eigenvalue weighted by atomic mass is 31.2. The fourth-order valence-electron chi connectivity index (χ4n) is 4.77. The normalized spacial score (nSPS) is 13.2. The van der Waals surface area contributed by atoms with Crippen molar-refractivity contribution in [2.75, 3.05) is 13.2 Å². The minimum Gasteiger partial charge on any atom is -0.461 e. The number of carbonyl (C=O) groups is 4. The lowest BCUT2D eigenvalue weighted by Gasteiger charge is -2.26. The van der Waals surface area contributed by atoms with Gasteiger partial charge in [0.05, 0.1) is 13.2 Å². The van der Waals surface area contributed by atoms with Gasteiger partial charge in [-0.1, -0.05) is 123 Å². The summed E-state index contributed by atoms with van der Waals surface area (Å²) in [6.07, 6.45) is 0.773. The number of hydrogen-bond donors (Lipinski definition) is 2. The van der Waals surface area contributed by atoms with Crippen molar-refractivity contribution in [2.45, 2.75) is 64.5 Å². The highest BCUT2D eigenvalue weighted by molar-refractivity contribution is 7.51. The summed E-state index contributed by atoms with van der Waals surface area (Å²) in [6.45, 7) is 1.10. The molecule has 0 aliphatic rings. The van der Waals surface area contributed by atoms with Gasteiger partial charge < -0.3 is 19.5 Å². The van der Waals surface area contributed by atoms with Crippen LogP contribution < -0.4 is 10.4 Å². The monoisotopic (exact) mass is 744 g/mol. The summed E-state index contributed by atoms with van der Waals surface area (Å²) >= 11 is 0. The molecule has 0 radical (unpaired) electrons. The number of esters is 3. The second kappa shape index (κ2) is 22.1. The molecule has 13 heteroatoms. The first-order valence-corrected chi connectivity index (χ1v) is 18.9. The second-order valence-corrected chi connectivity index (χ2v) is 13.7. The first-order chi connectivity index (χ1) is 25.7. The van der Waals surface area contributed by atoms with Crippen molar-refractivity contribution in [1.82, 2.24) is 10.4 Å². The number of nitrogens with one attached hydrogen (secondary N) is 2. The Morgan fingerprint density at radius 3 is 1.60 bits per heavy atom. The second-order valence-electron chi connectivity index (χ2n) is 11.9. The van der Waals surface area contributed by atoms with Crippen LogP contribution in [0.25, 0.3) is 0 Å². The van der Waals surface area contributed by atoms with Gasteiger partial charge in [0.15, 0.2) is 6.04 Å². The predicted molar refractivity (Wildman–Crippen MR) is 197 cm³/mol.